The summed E-state index contributed by atoms with van der Waals surface area (Å²) in [6.07, 6.45) is 24.4. The van der Waals surface area contributed by atoms with Gasteiger partial charge in [0, 0.05) is 13.0 Å². The normalized spacial score (nSPS) is 24.8. The van der Waals surface area contributed by atoms with E-state index in [2.05, 4.69) is 26.0 Å². The third kappa shape index (κ3) is 11.0. The molecule has 0 saturated carbocycles. The van der Waals surface area contributed by atoms with Crippen LogP contribution in [0.2, 0.25) is 0 Å². The number of esters is 1. The zero-order chi connectivity index (χ0) is 22.2. The Balaban J connectivity index is 1.73. The summed E-state index contributed by atoms with van der Waals surface area (Å²) >= 11 is 0. The van der Waals surface area contributed by atoms with Gasteiger partial charge >= 0.3 is 5.97 Å². The second-order valence-corrected chi connectivity index (χ2v) is 9.47. The largest absolute Gasteiger partial charge is 0.461 e. The molecule has 2 aliphatic rings. The number of hydrogen-bond acceptors (Lipinski definition) is 4. The standard InChI is InChI=1S/C27H48O4/c1-3-5-7-9-10-11-12-13-14-18-23(30-26-20-16-17-21-29-26)22-25-24(27(28)31-25)19-15-8-6-4-2/h12-13,23-26H,3-11,14-22H2,1-2H3/b13-12-/t23?,24?,25?,26-/m1/s1. The van der Waals surface area contributed by atoms with Crippen LogP contribution in [0.1, 0.15) is 123 Å². The van der Waals surface area contributed by atoms with Crippen LogP contribution in [0.15, 0.2) is 12.2 Å². The molecule has 2 fully saturated rings. The van der Waals surface area contributed by atoms with Crippen LogP contribution in [0.3, 0.4) is 0 Å². The first-order valence-electron chi connectivity index (χ1n) is 13.4. The Bertz CT molecular complexity index is 484. The number of allylic oxidation sites excluding steroid dienone is 2. The molecule has 0 aromatic carbocycles. The molecule has 0 aliphatic carbocycles. The topological polar surface area (TPSA) is 44.8 Å². The summed E-state index contributed by atoms with van der Waals surface area (Å²) in [7, 11) is 0. The lowest BCUT2D eigenvalue weighted by atomic mass is 9.86. The lowest BCUT2D eigenvalue weighted by Crippen LogP contribution is -2.47. The third-order valence-electron chi connectivity index (χ3n) is 6.66. The Kier molecular flexibility index (Phi) is 14.2. The van der Waals surface area contributed by atoms with Gasteiger partial charge in [0.1, 0.15) is 6.10 Å². The maximum atomic E-state index is 12.0. The van der Waals surface area contributed by atoms with Crippen molar-refractivity contribution in [3.63, 3.8) is 0 Å². The van der Waals surface area contributed by atoms with Gasteiger partial charge in [-0.25, -0.2) is 0 Å². The van der Waals surface area contributed by atoms with Crippen LogP contribution in [0, 0.1) is 5.92 Å². The zero-order valence-corrected chi connectivity index (χ0v) is 20.3. The van der Waals surface area contributed by atoms with Gasteiger partial charge in [-0.1, -0.05) is 77.4 Å². The Morgan fingerprint density at radius 2 is 1.71 bits per heavy atom. The van der Waals surface area contributed by atoms with Gasteiger partial charge in [0.15, 0.2) is 6.29 Å². The molecule has 0 spiro atoms. The highest BCUT2D eigenvalue weighted by atomic mass is 16.7. The van der Waals surface area contributed by atoms with Gasteiger partial charge in [-0.15, -0.1) is 0 Å². The quantitative estimate of drug-likeness (QED) is 0.127. The van der Waals surface area contributed by atoms with Gasteiger partial charge in [-0.05, 0) is 51.4 Å². The summed E-state index contributed by atoms with van der Waals surface area (Å²) in [6, 6.07) is 0. The lowest BCUT2D eigenvalue weighted by molar-refractivity contribution is -0.210. The SMILES string of the molecule is CCCCCCC/C=C\CCC(CC1OC(=O)C1CCCCCC)O[C@@H]1CCCCO1. The summed E-state index contributed by atoms with van der Waals surface area (Å²) in [5, 5.41) is 0. The molecule has 4 nitrogen and oxygen atoms in total. The van der Waals surface area contributed by atoms with Crippen LogP contribution in [-0.2, 0) is 19.0 Å². The average Bonchev–Trinajstić information content (AvgIpc) is 2.78. The Hall–Kier alpha value is -0.870. The first-order valence-corrected chi connectivity index (χ1v) is 13.4. The van der Waals surface area contributed by atoms with Crippen LogP contribution < -0.4 is 0 Å². The molecule has 0 amide bonds. The summed E-state index contributed by atoms with van der Waals surface area (Å²) in [5.41, 5.74) is 0. The van der Waals surface area contributed by atoms with E-state index in [1.54, 1.807) is 0 Å². The lowest BCUT2D eigenvalue weighted by Gasteiger charge is -2.38. The number of cyclic esters (lactones) is 1. The number of hydrogen-bond donors (Lipinski definition) is 0. The predicted octanol–water partition coefficient (Wildman–Crippen LogP) is 7.50. The van der Waals surface area contributed by atoms with Crippen molar-refractivity contribution in [1.29, 1.82) is 0 Å². The van der Waals surface area contributed by atoms with Gasteiger partial charge in [0.05, 0.1) is 12.0 Å². The summed E-state index contributed by atoms with van der Waals surface area (Å²) in [6.45, 7) is 5.28. The number of ether oxygens (including phenoxy) is 3. The summed E-state index contributed by atoms with van der Waals surface area (Å²) in [5.74, 6) is 0.0750. The fraction of sp³-hybridized carbons (Fsp3) is 0.889. The molecule has 2 saturated heterocycles. The highest BCUT2D eigenvalue weighted by Gasteiger charge is 2.43. The van der Waals surface area contributed by atoms with Gasteiger partial charge < -0.3 is 14.2 Å². The molecule has 0 aromatic heterocycles. The Morgan fingerprint density at radius 3 is 2.42 bits per heavy atom. The fourth-order valence-electron chi connectivity index (χ4n) is 4.62. The van der Waals surface area contributed by atoms with E-state index >= 15 is 0 Å². The number of carbonyl (C=O) groups is 1. The number of carbonyl (C=O) groups excluding carboxylic acids is 1. The minimum atomic E-state index is -0.0833. The summed E-state index contributed by atoms with van der Waals surface area (Å²) < 4.78 is 17.7. The smallest absolute Gasteiger partial charge is 0.313 e. The Morgan fingerprint density at radius 1 is 0.968 bits per heavy atom. The van der Waals surface area contributed by atoms with Crippen LogP contribution >= 0.6 is 0 Å². The molecule has 4 atom stereocenters. The molecule has 4 heteroatoms. The minimum absolute atomic E-state index is 0.00265. The molecule has 0 bridgehead atoms. The minimum Gasteiger partial charge on any atom is -0.461 e. The third-order valence-corrected chi connectivity index (χ3v) is 6.66. The number of unbranched alkanes of at least 4 members (excludes halogenated alkanes) is 8. The molecule has 180 valence electrons. The van der Waals surface area contributed by atoms with Crippen molar-refractivity contribution in [2.75, 3.05) is 6.61 Å². The van der Waals surface area contributed by atoms with Gasteiger partial charge in [0.25, 0.3) is 0 Å². The van der Waals surface area contributed by atoms with E-state index in [0.29, 0.717) is 0 Å². The molecule has 0 aromatic rings. The predicted molar refractivity (Wildman–Crippen MR) is 127 cm³/mol. The molecule has 0 radical (unpaired) electrons. The van der Waals surface area contributed by atoms with Gasteiger partial charge in [-0.3, -0.25) is 4.79 Å². The maximum absolute atomic E-state index is 12.0. The van der Waals surface area contributed by atoms with E-state index in [1.165, 1.54) is 64.2 Å². The van der Waals surface area contributed by atoms with Crippen LogP contribution in [-0.4, -0.2) is 31.1 Å². The van der Waals surface area contributed by atoms with Crippen LogP contribution in [0.5, 0.6) is 0 Å². The Labute approximate surface area is 191 Å². The van der Waals surface area contributed by atoms with Crippen LogP contribution in [0.25, 0.3) is 0 Å². The molecule has 0 N–H and O–H groups in total. The van der Waals surface area contributed by atoms with Crippen molar-refractivity contribution in [2.45, 2.75) is 141 Å². The zero-order valence-electron chi connectivity index (χ0n) is 20.3. The first kappa shape index (κ1) is 26.4. The van der Waals surface area contributed by atoms with E-state index in [0.717, 1.165) is 51.6 Å². The highest BCUT2D eigenvalue weighted by molar-refractivity contribution is 5.78. The van der Waals surface area contributed by atoms with Gasteiger partial charge in [0.2, 0.25) is 0 Å². The van der Waals surface area contributed by atoms with E-state index in [1.807, 2.05) is 0 Å². The molecular formula is C27H48O4. The maximum Gasteiger partial charge on any atom is 0.313 e. The van der Waals surface area contributed by atoms with Crippen molar-refractivity contribution < 1.29 is 19.0 Å². The molecule has 31 heavy (non-hydrogen) atoms. The molecule has 2 heterocycles. The van der Waals surface area contributed by atoms with Crippen molar-refractivity contribution in [3.8, 4) is 0 Å². The second-order valence-electron chi connectivity index (χ2n) is 9.47. The van der Waals surface area contributed by atoms with E-state index in [-0.39, 0.29) is 30.4 Å². The average molecular weight is 437 g/mol. The molecule has 2 aliphatic heterocycles. The fourth-order valence-corrected chi connectivity index (χ4v) is 4.62. The monoisotopic (exact) mass is 436 g/mol. The summed E-state index contributed by atoms with van der Waals surface area (Å²) in [4.78, 5) is 12.0. The first-order chi connectivity index (χ1) is 15.2. The van der Waals surface area contributed by atoms with Crippen molar-refractivity contribution >= 4 is 5.97 Å². The second kappa shape index (κ2) is 16.7. The van der Waals surface area contributed by atoms with Crippen molar-refractivity contribution in [3.05, 3.63) is 12.2 Å². The molecule has 3 unspecified atom stereocenters. The highest BCUT2D eigenvalue weighted by Crippen LogP contribution is 2.33. The molecule has 2 rings (SSSR count). The van der Waals surface area contributed by atoms with Gasteiger partial charge in [-0.2, -0.15) is 0 Å². The van der Waals surface area contributed by atoms with Crippen molar-refractivity contribution in [1.82, 2.24) is 0 Å². The number of rotatable bonds is 18. The molecular weight excluding hydrogens is 388 g/mol. The van der Waals surface area contributed by atoms with E-state index < -0.39 is 0 Å². The van der Waals surface area contributed by atoms with E-state index in [4.69, 9.17) is 14.2 Å². The van der Waals surface area contributed by atoms with E-state index in [9.17, 15) is 4.79 Å². The van der Waals surface area contributed by atoms with Crippen molar-refractivity contribution in [2.24, 2.45) is 5.92 Å². The van der Waals surface area contributed by atoms with Crippen LogP contribution in [0.4, 0.5) is 0 Å².